The second-order valence-corrected chi connectivity index (χ2v) is 9.75. The lowest BCUT2D eigenvalue weighted by Crippen LogP contribution is -2.32. The van der Waals surface area contributed by atoms with Gasteiger partial charge in [0.2, 0.25) is 5.91 Å². The van der Waals surface area contributed by atoms with Crippen LogP contribution < -0.4 is 5.32 Å². The number of nitrogens with one attached hydrogen (secondary N) is 1. The van der Waals surface area contributed by atoms with E-state index in [0.717, 1.165) is 16.5 Å². The summed E-state index contributed by atoms with van der Waals surface area (Å²) in [4.78, 5) is 32.9. The predicted octanol–water partition coefficient (Wildman–Crippen LogP) is 5.10. The summed E-state index contributed by atoms with van der Waals surface area (Å²) in [5.41, 5.74) is 2.47. The molecule has 0 unspecified atom stereocenters. The number of hydrogen-bond donors (Lipinski definition) is 1. The molecule has 0 spiro atoms. The first-order chi connectivity index (χ1) is 16.6. The first-order valence-electron chi connectivity index (χ1n) is 10.9. The Morgan fingerprint density at radius 3 is 2.53 bits per heavy atom. The molecule has 0 aliphatic rings. The van der Waals surface area contributed by atoms with E-state index in [-0.39, 0.29) is 17.6 Å². The lowest BCUT2D eigenvalue weighted by atomic mass is 10.1. The minimum absolute atomic E-state index is 0.0208. The Morgan fingerprint density at radius 1 is 1.06 bits per heavy atom. The summed E-state index contributed by atoms with van der Waals surface area (Å²) >= 11 is 3.03. The molecule has 2 aromatic carbocycles. The van der Waals surface area contributed by atoms with Gasteiger partial charge in [0.05, 0.1) is 12.3 Å². The maximum Gasteiger partial charge on any atom is 0.254 e. The van der Waals surface area contributed by atoms with Gasteiger partial charge < -0.3 is 14.8 Å². The van der Waals surface area contributed by atoms with Crippen LogP contribution in [-0.2, 0) is 24.8 Å². The maximum atomic E-state index is 13.3. The van der Waals surface area contributed by atoms with Gasteiger partial charge in [0, 0.05) is 42.1 Å². The molecule has 4 aromatic rings. The fourth-order valence-electron chi connectivity index (χ4n) is 3.45. The van der Waals surface area contributed by atoms with E-state index in [1.807, 2.05) is 52.4 Å². The van der Waals surface area contributed by atoms with Crippen molar-refractivity contribution in [1.29, 1.82) is 0 Å². The van der Waals surface area contributed by atoms with Crippen molar-refractivity contribution in [2.24, 2.45) is 7.05 Å². The van der Waals surface area contributed by atoms with Gasteiger partial charge in [-0.3, -0.25) is 9.59 Å². The average Bonchev–Trinajstić information content (AvgIpc) is 3.52. The highest BCUT2D eigenvalue weighted by molar-refractivity contribution is 7.99. The molecule has 0 saturated heterocycles. The van der Waals surface area contributed by atoms with E-state index in [0.29, 0.717) is 24.3 Å². The van der Waals surface area contributed by atoms with Crippen LogP contribution in [-0.4, -0.2) is 38.6 Å². The highest BCUT2D eigenvalue weighted by Crippen LogP contribution is 2.18. The largest absolute Gasteiger partial charge is 0.333 e. The third kappa shape index (κ3) is 6.59. The fourth-order valence-corrected chi connectivity index (χ4v) is 4.90. The number of anilines is 1. The molecule has 6 nitrogen and oxygen atoms in total. The molecule has 174 valence electrons. The number of carbonyl (C=O) groups excluding carboxylic acids is 2. The predicted molar refractivity (Wildman–Crippen MR) is 138 cm³/mol. The van der Waals surface area contributed by atoms with E-state index in [1.54, 1.807) is 41.8 Å². The van der Waals surface area contributed by atoms with Crippen molar-refractivity contribution in [2.45, 2.75) is 18.1 Å². The number of aryl methyl sites for hydroxylation is 1. The highest BCUT2D eigenvalue weighted by atomic mass is 32.2. The van der Waals surface area contributed by atoms with Crippen LogP contribution in [0.1, 0.15) is 20.8 Å². The number of thiophene rings is 1. The number of benzene rings is 2. The SMILES string of the molecule is Cn1ccnc1SCC(=O)Nc1ccc(C(=O)N(CCc2ccccc2)Cc2cccs2)cc1. The minimum Gasteiger partial charge on any atom is -0.333 e. The standard InChI is InChI=1S/C26H26N4O2S2/c1-29-16-14-27-26(29)34-19-24(31)28-22-11-9-21(10-12-22)25(32)30(18-23-8-5-17-33-23)15-13-20-6-3-2-4-7-20/h2-12,14,16-17H,13,15,18-19H2,1H3,(H,28,31). The van der Waals surface area contributed by atoms with E-state index in [2.05, 4.69) is 28.5 Å². The average molecular weight is 491 g/mol. The Kier molecular flexibility index (Phi) is 8.17. The van der Waals surface area contributed by atoms with E-state index < -0.39 is 0 Å². The molecule has 0 radical (unpaired) electrons. The highest BCUT2D eigenvalue weighted by Gasteiger charge is 2.17. The molecule has 0 atom stereocenters. The number of thioether (sulfide) groups is 1. The molecule has 4 rings (SSSR count). The second kappa shape index (κ2) is 11.7. The summed E-state index contributed by atoms with van der Waals surface area (Å²) in [6.07, 6.45) is 4.34. The van der Waals surface area contributed by atoms with Crippen molar-refractivity contribution in [3.05, 3.63) is 101 Å². The summed E-state index contributed by atoms with van der Waals surface area (Å²) in [5, 5.41) is 5.70. The second-order valence-electron chi connectivity index (χ2n) is 7.78. The van der Waals surface area contributed by atoms with Crippen LogP contribution in [0, 0.1) is 0 Å². The van der Waals surface area contributed by atoms with E-state index in [1.165, 1.54) is 17.3 Å². The number of nitrogens with zero attached hydrogens (tertiary/aromatic N) is 3. The molecular formula is C26H26N4O2S2. The molecule has 0 saturated carbocycles. The van der Waals surface area contributed by atoms with Crippen molar-refractivity contribution in [3.8, 4) is 0 Å². The summed E-state index contributed by atoms with van der Waals surface area (Å²) in [5.74, 6) is 0.126. The van der Waals surface area contributed by atoms with Gasteiger partial charge in [0.15, 0.2) is 5.16 Å². The molecule has 8 heteroatoms. The van der Waals surface area contributed by atoms with Crippen LogP contribution in [0.2, 0.25) is 0 Å². The molecule has 2 heterocycles. The molecule has 1 N–H and O–H groups in total. The summed E-state index contributed by atoms with van der Waals surface area (Å²) in [6.45, 7) is 1.20. The zero-order valence-electron chi connectivity index (χ0n) is 18.9. The molecule has 0 bridgehead atoms. The number of aromatic nitrogens is 2. The molecular weight excluding hydrogens is 464 g/mol. The number of amides is 2. The molecule has 0 aliphatic heterocycles. The van der Waals surface area contributed by atoms with E-state index in [4.69, 9.17) is 0 Å². The summed E-state index contributed by atoms with van der Waals surface area (Å²) < 4.78 is 1.87. The van der Waals surface area contributed by atoms with Crippen LogP contribution >= 0.6 is 23.1 Å². The van der Waals surface area contributed by atoms with Crippen LogP contribution in [0.5, 0.6) is 0 Å². The van der Waals surface area contributed by atoms with Gasteiger partial charge in [-0.25, -0.2) is 4.98 Å². The number of carbonyl (C=O) groups is 2. The van der Waals surface area contributed by atoms with Crippen LogP contribution in [0.3, 0.4) is 0 Å². The Hall–Kier alpha value is -3.36. The Bertz CT molecular complexity index is 1210. The number of rotatable bonds is 10. The number of imidazole rings is 1. The normalized spacial score (nSPS) is 10.7. The van der Waals surface area contributed by atoms with Gasteiger partial charge in [0.1, 0.15) is 0 Å². The molecule has 0 fully saturated rings. The van der Waals surface area contributed by atoms with Crippen LogP contribution in [0.15, 0.2) is 89.7 Å². The van der Waals surface area contributed by atoms with E-state index >= 15 is 0 Å². The quantitative estimate of drug-likeness (QED) is 0.314. The van der Waals surface area contributed by atoms with Crippen LogP contribution in [0.25, 0.3) is 0 Å². The first-order valence-corrected chi connectivity index (χ1v) is 12.8. The monoisotopic (exact) mass is 490 g/mol. The maximum absolute atomic E-state index is 13.3. The third-order valence-electron chi connectivity index (χ3n) is 5.25. The lowest BCUT2D eigenvalue weighted by Gasteiger charge is -2.22. The van der Waals surface area contributed by atoms with Gasteiger partial charge >= 0.3 is 0 Å². The van der Waals surface area contributed by atoms with Crippen molar-refractivity contribution < 1.29 is 9.59 Å². The molecule has 2 amide bonds. The fraction of sp³-hybridized carbons (Fsp3) is 0.192. The first kappa shape index (κ1) is 23.8. The Balaban J connectivity index is 1.37. The smallest absolute Gasteiger partial charge is 0.254 e. The van der Waals surface area contributed by atoms with Crippen molar-refractivity contribution >= 4 is 40.6 Å². The molecule has 34 heavy (non-hydrogen) atoms. The topological polar surface area (TPSA) is 67.2 Å². The lowest BCUT2D eigenvalue weighted by molar-refractivity contribution is -0.113. The minimum atomic E-state index is -0.116. The summed E-state index contributed by atoms with van der Waals surface area (Å²) in [7, 11) is 1.89. The van der Waals surface area contributed by atoms with Gasteiger partial charge in [-0.1, -0.05) is 48.2 Å². The zero-order chi connectivity index (χ0) is 23.8. The van der Waals surface area contributed by atoms with Crippen molar-refractivity contribution in [1.82, 2.24) is 14.5 Å². The Labute approximate surface area is 207 Å². The van der Waals surface area contributed by atoms with Crippen molar-refractivity contribution in [3.63, 3.8) is 0 Å². The van der Waals surface area contributed by atoms with Gasteiger partial charge in [0.25, 0.3) is 5.91 Å². The Morgan fingerprint density at radius 2 is 1.85 bits per heavy atom. The van der Waals surface area contributed by atoms with E-state index in [9.17, 15) is 9.59 Å². The van der Waals surface area contributed by atoms with Gasteiger partial charge in [-0.15, -0.1) is 11.3 Å². The molecule has 0 aliphatic carbocycles. The van der Waals surface area contributed by atoms with Gasteiger partial charge in [-0.2, -0.15) is 0 Å². The van der Waals surface area contributed by atoms with Crippen molar-refractivity contribution in [2.75, 3.05) is 17.6 Å². The van der Waals surface area contributed by atoms with Crippen LogP contribution in [0.4, 0.5) is 5.69 Å². The summed E-state index contributed by atoms with van der Waals surface area (Å²) in [6, 6.07) is 21.3. The van der Waals surface area contributed by atoms with Gasteiger partial charge in [-0.05, 0) is 47.7 Å². The zero-order valence-corrected chi connectivity index (χ0v) is 20.5. The molecule has 2 aromatic heterocycles. The number of hydrogen-bond acceptors (Lipinski definition) is 5. The third-order valence-corrected chi connectivity index (χ3v) is 7.17.